The van der Waals surface area contributed by atoms with Crippen LogP contribution in [0.4, 0.5) is 0 Å². The quantitative estimate of drug-likeness (QED) is 0.843. The molecule has 0 aromatic heterocycles. The molecule has 3 nitrogen and oxygen atoms in total. The molecular formula is C10H9BrO3. The molecule has 74 valence electrons. The lowest BCUT2D eigenvalue weighted by molar-refractivity contribution is -0.133. The van der Waals surface area contributed by atoms with Crippen LogP contribution in [0.25, 0.3) is 0 Å². The molecule has 0 bridgehead atoms. The van der Waals surface area contributed by atoms with Crippen molar-refractivity contribution >= 4 is 21.9 Å². The Morgan fingerprint density at radius 2 is 2.29 bits per heavy atom. The number of hydrogen-bond acceptors (Lipinski definition) is 2. The Bertz CT molecular complexity index is 360. The maximum atomic E-state index is 10.4. The Balaban J connectivity index is 2.54. The minimum atomic E-state index is -1.04. The molecule has 0 radical (unpaired) electrons. The largest absolute Gasteiger partial charge is 0.489 e. The molecule has 0 atom stereocenters. The van der Waals surface area contributed by atoms with E-state index in [4.69, 9.17) is 9.84 Å². The molecule has 0 aliphatic rings. The minimum Gasteiger partial charge on any atom is -0.489 e. The first-order valence-electron chi connectivity index (χ1n) is 3.89. The lowest BCUT2D eigenvalue weighted by atomic mass is 10.3. The van der Waals surface area contributed by atoms with E-state index in [-0.39, 0.29) is 12.2 Å². The second-order valence-corrected chi connectivity index (χ2v) is 3.57. The molecule has 1 aromatic rings. The van der Waals surface area contributed by atoms with E-state index in [9.17, 15) is 4.79 Å². The van der Waals surface area contributed by atoms with E-state index in [1.807, 2.05) is 12.1 Å². The van der Waals surface area contributed by atoms with Gasteiger partial charge in [0.2, 0.25) is 0 Å². The highest BCUT2D eigenvalue weighted by Crippen LogP contribution is 2.17. The maximum Gasteiger partial charge on any atom is 0.334 e. The first kappa shape index (κ1) is 10.8. The van der Waals surface area contributed by atoms with E-state index >= 15 is 0 Å². The average Bonchev–Trinajstić information content (AvgIpc) is 2.14. The van der Waals surface area contributed by atoms with Gasteiger partial charge in [0.1, 0.15) is 12.4 Å². The van der Waals surface area contributed by atoms with Gasteiger partial charge in [0.15, 0.2) is 0 Å². The fourth-order valence-corrected chi connectivity index (χ4v) is 1.17. The second kappa shape index (κ2) is 4.81. The van der Waals surface area contributed by atoms with Gasteiger partial charge in [0, 0.05) is 4.47 Å². The van der Waals surface area contributed by atoms with Crippen LogP contribution in [0.3, 0.4) is 0 Å². The first-order chi connectivity index (χ1) is 6.59. The number of carbonyl (C=O) groups is 1. The monoisotopic (exact) mass is 256 g/mol. The molecule has 0 heterocycles. The summed E-state index contributed by atoms with van der Waals surface area (Å²) < 4.78 is 6.08. The van der Waals surface area contributed by atoms with Crippen LogP contribution in [0.2, 0.25) is 0 Å². The summed E-state index contributed by atoms with van der Waals surface area (Å²) in [5.41, 5.74) is 0.0324. The van der Waals surface area contributed by atoms with Gasteiger partial charge in [-0.3, -0.25) is 0 Å². The molecule has 14 heavy (non-hydrogen) atoms. The Morgan fingerprint density at radius 1 is 1.57 bits per heavy atom. The van der Waals surface area contributed by atoms with E-state index < -0.39 is 5.97 Å². The van der Waals surface area contributed by atoms with E-state index in [2.05, 4.69) is 22.5 Å². The number of benzene rings is 1. The number of hydrogen-bond donors (Lipinski definition) is 1. The van der Waals surface area contributed by atoms with Crippen molar-refractivity contribution < 1.29 is 14.6 Å². The van der Waals surface area contributed by atoms with Crippen LogP contribution in [0, 0.1) is 0 Å². The number of carboxylic acid groups (broad SMARTS) is 1. The fraction of sp³-hybridized carbons (Fsp3) is 0.100. The third kappa shape index (κ3) is 3.22. The van der Waals surface area contributed by atoms with Crippen molar-refractivity contribution in [1.82, 2.24) is 0 Å². The standard InChI is InChI=1S/C10H9BrO3/c1-7(10(12)13)6-14-9-4-2-3-8(11)5-9/h2-5H,1,6H2,(H,12,13). The van der Waals surface area contributed by atoms with Crippen molar-refractivity contribution in [2.75, 3.05) is 6.61 Å². The molecule has 0 spiro atoms. The lowest BCUT2D eigenvalue weighted by Crippen LogP contribution is -2.08. The summed E-state index contributed by atoms with van der Waals surface area (Å²) in [6.07, 6.45) is 0. The van der Waals surface area contributed by atoms with Crippen LogP contribution < -0.4 is 4.74 Å². The topological polar surface area (TPSA) is 46.5 Å². The summed E-state index contributed by atoms with van der Waals surface area (Å²) in [7, 11) is 0. The van der Waals surface area contributed by atoms with E-state index in [1.165, 1.54) is 0 Å². The van der Waals surface area contributed by atoms with Gasteiger partial charge in [-0.15, -0.1) is 0 Å². The van der Waals surface area contributed by atoms with Crippen molar-refractivity contribution in [2.45, 2.75) is 0 Å². The molecule has 0 saturated carbocycles. The number of aliphatic carboxylic acids is 1. The Labute approximate surface area is 90.1 Å². The van der Waals surface area contributed by atoms with Crippen molar-refractivity contribution in [3.63, 3.8) is 0 Å². The molecule has 0 aliphatic carbocycles. The molecule has 1 rings (SSSR count). The van der Waals surface area contributed by atoms with Crippen LogP contribution in [-0.2, 0) is 4.79 Å². The van der Waals surface area contributed by atoms with Crippen molar-refractivity contribution in [3.8, 4) is 5.75 Å². The first-order valence-corrected chi connectivity index (χ1v) is 4.68. The molecular weight excluding hydrogens is 248 g/mol. The average molecular weight is 257 g/mol. The molecule has 0 saturated heterocycles. The predicted octanol–water partition coefficient (Wildman–Crippen LogP) is 2.47. The SMILES string of the molecule is C=C(COc1cccc(Br)c1)C(=O)O. The summed E-state index contributed by atoms with van der Waals surface area (Å²) >= 11 is 3.28. The molecule has 1 aromatic carbocycles. The minimum absolute atomic E-state index is 0.00815. The smallest absolute Gasteiger partial charge is 0.334 e. The zero-order chi connectivity index (χ0) is 10.6. The third-order valence-corrected chi connectivity index (χ3v) is 2.00. The summed E-state index contributed by atoms with van der Waals surface area (Å²) in [4.78, 5) is 10.4. The third-order valence-electron chi connectivity index (χ3n) is 1.51. The summed E-state index contributed by atoms with van der Waals surface area (Å²) in [6.45, 7) is 3.35. The van der Waals surface area contributed by atoms with E-state index in [1.54, 1.807) is 12.1 Å². The summed E-state index contributed by atoms with van der Waals surface area (Å²) in [5.74, 6) is -0.429. The molecule has 1 N–H and O–H groups in total. The molecule has 0 unspecified atom stereocenters. The van der Waals surface area contributed by atoms with Crippen LogP contribution in [0.15, 0.2) is 40.9 Å². The molecule has 0 aliphatic heterocycles. The Kier molecular flexibility index (Phi) is 3.71. The zero-order valence-electron chi connectivity index (χ0n) is 7.37. The number of rotatable bonds is 4. The maximum absolute atomic E-state index is 10.4. The Hall–Kier alpha value is -1.29. The second-order valence-electron chi connectivity index (χ2n) is 2.65. The van der Waals surface area contributed by atoms with Crippen molar-refractivity contribution in [2.24, 2.45) is 0 Å². The molecule has 0 amide bonds. The van der Waals surface area contributed by atoms with Crippen molar-refractivity contribution in [1.29, 1.82) is 0 Å². The van der Waals surface area contributed by atoms with Gasteiger partial charge < -0.3 is 9.84 Å². The van der Waals surface area contributed by atoms with Crippen LogP contribution in [0.5, 0.6) is 5.75 Å². The normalized spacial score (nSPS) is 9.50. The van der Waals surface area contributed by atoms with Gasteiger partial charge in [-0.1, -0.05) is 28.6 Å². The van der Waals surface area contributed by atoms with Gasteiger partial charge in [-0.25, -0.2) is 4.79 Å². The highest BCUT2D eigenvalue weighted by molar-refractivity contribution is 9.10. The summed E-state index contributed by atoms with van der Waals surface area (Å²) in [6, 6.07) is 7.18. The van der Waals surface area contributed by atoms with Crippen LogP contribution in [-0.4, -0.2) is 17.7 Å². The summed E-state index contributed by atoms with van der Waals surface area (Å²) in [5, 5.41) is 8.53. The molecule has 0 fully saturated rings. The van der Waals surface area contributed by atoms with Gasteiger partial charge in [0.05, 0.1) is 5.57 Å². The van der Waals surface area contributed by atoms with E-state index in [0.29, 0.717) is 5.75 Å². The Morgan fingerprint density at radius 3 is 2.86 bits per heavy atom. The van der Waals surface area contributed by atoms with Gasteiger partial charge >= 0.3 is 5.97 Å². The highest BCUT2D eigenvalue weighted by atomic mass is 79.9. The zero-order valence-corrected chi connectivity index (χ0v) is 8.95. The lowest BCUT2D eigenvalue weighted by Gasteiger charge is -2.05. The number of ether oxygens (including phenoxy) is 1. The number of carboxylic acids is 1. The van der Waals surface area contributed by atoms with Crippen LogP contribution in [0.1, 0.15) is 0 Å². The van der Waals surface area contributed by atoms with Gasteiger partial charge in [-0.05, 0) is 18.2 Å². The van der Waals surface area contributed by atoms with Crippen molar-refractivity contribution in [3.05, 3.63) is 40.9 Å². The number of halogens is 1. The predicted molar refractivity (Wildman–Crippen MR) is 56.4 cm³/mol. The van der Waals surface area contributed by atoms with E-state index in [0.717, 1.165) is 4.47 Å². The molecule has 4 heteroatoms. The fourth-order valence-electron chi connectivity index (χ4n) is 0.789. The highest BCUT2D eigenvalue weighted by Gasteiger charge is 2.04. The van der Waals surface area contributed by atoms with Gasteiger partial charge in [0.25, 0.3) is 0 Å². The van der Waals surface area contributed by atoms with Crippen LogP contribution >= 0.6 is 15.9 Å². The van der Waals surface area contributed by atoms with Gasteiger partial charge in [-0.2, -0.15) is 0 Å².